The molecule has 0 spiro atoms. The number of hydrogen-bond acceptors (Lipinski definition) is 4. The van der Waals surface area contributed by atoms with Crippen LogP contribution in [-0.4, -0.2) is 24.1 Å². The summed E-state index contributed by atoms with van der Waals surface area (Å²) in [6.07, 6.45) is -3.97. The van der Waals surface area contributed by atoms with Crippen LogP contribution in [0, 0.1) is 23.2 Å². The van der Waals surface area contributed by atoms with Crippen molar-refractivity contribution in [3.63, 3.8) is 0 Å². The number of nitrogens with zero attached hydrogens (tertiary/aromatic N) is 3. The van der Waals surface area contributed by atoms with Crippen molar-refractivity contribution in [1.29, 1.82) is 5.26 Å². The zero-order valence-corrected chi connectivity index (χ0v) is 12.4. The smallest absolute Gasteiger partial charge is 0.290 e. The van der Waals surface area contributed by atoms with Crippen molar-refractivity contribution in [2.45, 2.75) is 32.4 Å². The number of amides is 1. The van der Waals surface area contributed by atoms with Crippen LogP contribution in [-0.2, 0) is 17.6 Å². The molecule has 1 aromatic heterocycles. The van der Waals surface area contributed by atoms with Gasteiger partial charge < -0.3 is 0 Å². The monoisotopic (exact) mass is 317 g/mol. The van der Waals surface area contributed by atoms with E-state index in [0.717, 1.165) is 11.3 Å². The lowest BCUT2D eigenvalue weighted by Crippen LogP contribution is -2.30. The molecule has 2 unspecified atom stereocenters. The quantitative estimate of drug-likeness (QED) is 0.842. The molecule has 21 heavy (non-hydrogen) atoms. The van der Waals surface area contributed by atoms with Gasteiger partial charge in [0.1, 0.15) is 5.92 Å². The second-order valence-corrected chi connectivity index (χ2v) is 6.16. The molecule has 1 aliphatic carbocycles. The maximum atomic E-state index is 12.8. The number of hydrogen-bond donors (Lipinski definition) is 0. The van der Waals surface area contributed by atoms with Gasteiger partial charge in [-0.2, -0.15) is 18.4 Å². The summed E-state index contributed by atoms with van der Waals surface area (Å²) in [5.41, 5.74) is 0.639. The van der Waals surface area contributed by atoms with Crippen molar-refractivity contribution in [2.75, 3.05) is 11.9 Å². The minimum absolute atomic E-state index is 0.0337. The zero-order chi connectivity index (χ0) is 15.8. The van der Waals surface area contributed by atoms with Gasteiger partial charge in [0, 0.05) is 11.9 Å². The predicted octanol–water partition coefficient (Wildman–Crippen LogP) is 2.93. The lowest BCUT2D eigenvalue weighted by atomic mass is 9.91. The summed E-state index contributed by atoms with van der Waals surface area (Å²) in [4.78, 5) is 18.0. The molecule has 0 N–H and O–H groups in total. The molecule has 1 heterocycles. The van der Waals surface area contributed by atoms with Gasteiger partial charge in [-0.15, -0.1) is 11.3 Å². The van der Waals surface area contributed by atoms with E-state index in [1.54, 1.807) is 0 Å². The van der Waals surface area contributed by atoms with Gasteiger partial charge in [0.15, 0.2) is 5.13 Å². The van der Waals surface area contributed by atoms with Gasteiger partial charge in [-0.25, -0.2) is 4.98 Å². The number of thiazole rings is 1. The normalized spacial score (nSPS) is 19.5. The van der Waals surface area contributed by atoms with Crippen LogP contribution in [0.5, 0.6) is 0 Å². The highest BCUT2D eigenvalue weighted by Gasteiger charge is 2.42. The lowest BCUT2D eigenvalue weighted by Gasteiger charge is -2.23. The Labute approximate surface area is 124 Å². The number of nitriles is 1. The molecule has 114 valence electrons. The summed E-state index contributed by atoms with van der Waals surface area (Å²) in [6, 6.07) is 1.84. The van der Waals surface area contributed by atoms with Crippen LogP contribution >= 0.6 is 11.3 Å². The van der Waals surface area contributed by atoms with Crippen molar-refractivity contribution < 1.29 is 18.0 Å². The van der Waals surface area contributed by atoms with Crippen LogP contribution in [0.2, 0.25) is 0 Å². The minimum atomic E-state index is -4.20. The number of carbonyl (C=O) groups excluding carboxylic acids is 1. The first kappa shape index (κ1) is 15.8. The van der Waals surface area contributed by atoms with Gasteiger partial charge in [0.05, 0.1) is 17.7 Å². The van der Waals surface area contributed by atoms with E-state index in [1.807, 2.05) is 6.07 Å². The first-order valence-electron chi connectivity index (χ1n) is 6.46. The van der Waals surface area contributed by atoms with E-state index in [4.69, 9.17) is 5.26 Å². The Morgan fingerprint density at radius 1 is 1.57 bits per heavy atom. The maximum absolute atomic E-state index is 12.8. The number of halogens is 3. The Morgan fingerprint density at radius 2 is 2.24 bits per heavy atom. The fourth-order valence-corrected chi connectivity index (χ4v) is 3.38. The Kier molecular flexibility index (Phi) is 4.23. The van der Waals surface area contributed by atoms with Gasteiger partial charge in [-0.3, -0.25) is 9.69 Å². The molecular weight excluding hydrogens is 303 g/mol. The highest BCUT2D eigenvalue weighted by molar-refractivity contribution is 7.15. The first-order valence-corrected chi connectivity index (χ1v) is 7.28. The van der Waals surface area contributed by atoms with Crippen molar-refractivity contribution in [3.05, 3.63) is 10.6 Å². The number of rotatable bonds is 2. The summed E-state index contributed by atoms with van der Waals surface area (Å²) in [5, 5.41) is 9.10. The van der Waals surface area contributed by atoms with Crippen LogP contribution < -0.4 is 4.90 Å². The summed E-state index contributed by atoms with van der Waals surface area (Å²) >= 11 is 1.10. The van der Waals surface area contributed by atoms with Crippen LogP contribution in [0.25, 0.3) is 0 Å². The van der Waals surface area contributed by atoms with Crippen LogP contribution in [0.3, 0.4) is 0 Å². The van der Waals surface area contributed by atoms with E-state index in [1.165, 1.54) is 18.9 Å². The molecule has 0 fully saturated rings. The molecular formula is C13H14F3N3OS. The SMILES string of the molecule is CC(C#N)C(=O)N(C)c1nc2c(s1)CC(C(F)(F)F)CC2. The standard InChI is InChI=1S/C13H14F3N3OS/c1-7(6-17)11(20)19(2)12-18-9-4-3-8(13(14,15)16)5-10(9)21-12/h7-8H,3-5H2,1-2H3. The Morgan fingerprint density at radius 3 is 2.81 bits per heavy atom. The first-order chi connectivity index (χ1) is 9.74. The molecule has 2 rings (SSSR count). The predicted molar refractivity (Wildman–Crippen MR) is 71.9 cm³/mol. The number of fused-ring (bicyclic) bond motifs is 1. The van der Waals surface area contributed by atoms with Crippen molar-refractivity contribution in [1.82, 2.24) is 4.98 Å². The van der Waals surface area contributed by atoms with E-state index in [-0.39, 0.29) is 19.3 Å². The molecule has 0 radical (unpaired) electrons. The highest BCUT2D eigenvalue weighted by Crippen LogP contribution is 2.40. The Bertz CT molecular complexity index is 590. The molecule has 0 aliphatic heterocycles. The maximum Gasteiger partial charge on any atom is 0.392 e. The van der Waals surface area contributed by atoms with E-state index in [0.29, 0.717) is 15.7 Å². The van der Waals surface area contributed by atoms with E-state index in [2.05, 4.69) is 4.98 Å². The molecule has 0 aromatic carbocycles. The van der Waals surface area contributed by atoms with Gasteiger partial charge in [-0.05, 0) is 26.2 Å². The molecule has 2 atom stereocenters. The van der Waals surface area contributed by atoms with Gasteiger partial charge in [0.2, 0.25) is 5.91 Å². The highest BCUT2D eigenvalue weighted by atomic mass is 32.1. The third kappa shape index (κ3) is 3.18. The Balaban J connectivity index is 2.19. The molecule has 0 saturated heterocycles. The van der Waals surface area contributed by atoms with Crippen molar-refractivity contribution >= 4 is 22.4 Å². The van der Waals surface area contributed by atoms with Crippen LogP contribution in [0.1, 0.15) is 23.9 Å². The average molecular weight is 317 g/mol. The third-order valence-electron chi connectivity index (χ3n) is 3.57. The van der Waals surface area contributed by atoms with E-state index in [9.17, 15) is 18.0 Å². The average Bonchev–Trinajstić information content (AvgIpc) is 2.86. The van der Waals surface area contributed by atoms with Crippen LogP contribution in [0.4, 0.5) is 18.3 Å². The van der Waals surface area contributed by atoms with E-state index >= 15 is 0 Å². The number of aromatic nitrogens is 1. The molecule has 1 amide bonds. The summed E-state index contributed by atoms with van der Waals surface area (Å²) in [5.74, 6) is -2.55. The zero-order valence-electron chi connectivity index (χ0n) is 11.6. The summed E-state index contributed by atoms with van der Waals surface area (Å²) < 4.78 is 38.3. The molecule has 1 aromatic rings. The number of carbonyl (C=O) groups is 1. The second kappa shape index (κ2) is 5.64. The lowest BCUT2D eigenvalue weighted by molar-refractivity contribution is -0.176. The number of anilines is 1. The molecule has 0 bridgehead atoms. The second-order valence-electron chi connectivity index (χ2n) is 5.10. The number of aryl methyl sites for hydroxylation is 1. The largest absolute Gasteiger partial charge is 0.392 e. The third-order valence-corrected chi connectivity index (χ3v) is 4.77. The summed E-state index contributed by atoms with van der Waals surface area (Å²) in [7, 11) is 1.49. The fraction of sp³-hybridized carbons (Fsp3) is 0.615. The van der Waals surface area contributed by atoms with Gasteiger partial charge in [-0.1, -0.05) is 0 Å². The van der Waals surface area contributed by atoms with Crippen molar-refractivity contribution in [3.8, 4) is 6.07 Å². The van der Waals surface area contributed by atoms with Gasteiger partial charge >= 0.3 is 6.18 Å². The fourth-order valence-electron chi connectivity index (χ4n) is 2.22. The van der Waals surface area contributed by atoms with E-state index < -0.39 is 23.9 Å². The molecule has 1 aliphatic rings. The molecule has 8 heteroatoms. The topological polar surface area (TPSA) is 57.0 Å². The van der Waals surface area contributed by atoms with Crippen LogP contribution in [0.15, 0.2) is 0 Å². The van der Waals surface area contributed by atoms with Gasteiger partial charge in [0.25, 0.3) is 0 Å². The Hall–Kier alpha value is -1.62. The molecule has 4 nitrogen and oxygen atoms in total. The minimum Gasteiger partial charge on any atom is -0.290 e. The summed E-state index contributed by atoms with van der Waals surface area (Å²) in [6.45, 7) is 1.48. The van der Waals surface area contributed by atoms with Crippen molar-refractivity contribution in [2.24, 2.45) is 11.8 Å². The number of alkyl halides is 3. The molecule has 0 saturated carbocycles.